The Bertz CT molecular complexity index is 852. The summed E-state index contributed by atoms with van der Waals surface area (Å²) in [6.45, 7) is 2.44. The Labute approximate surface area is 169 Å². The molecule has 29 heavy (non-hydrogen) atoms. The van der Waals surface area contributed by atoms with Crippen LogP contribution in [0.5, 0.6) is 0 Å². The van der Waals surface area contributed by atoms with Gasteiger partial charge in [0, 0.05) is 46.2 Å². The molecule has 154 valence electrons. The number of rotatable bonds is 5. The Balaban J connectivity index is 1.44. The Morgan fingerprint density at radius 2 is 1.55 bits per heavy atom. The molecular weight excluding hydrogens is 376 g/mol. The molecule has 0 bridgehead atoms. The Hall–Kier alpha value is -2.96. The summed E-state index contributed by atoms with van der Waals surface area (Å²) in [7, 11) is 1.77. The molecule has 2 aromatic carbocycles. The van der Waals surface area contributed by atoms with Crippen molar-refractivity contribution in [2.45, 2.75) is 19.4 Å². The normalized spacial score (nSPS) is 14.0. The van der Waals surface area contributed by atoms with Gasteiger partial charge in [0.05, 0.1) is 0 Å². The first kappa shape index (κ1) is 20.8. The van der Waals surface area contributed by atoms with Crippen LogP contribution >= 0.6 is 0 Å². The van der Waals surface area contributed by atoms with Gasteiger partial charge in [-0.25, -0.2) is 13.6 Å². The van der Waals surface area contributed by atoms with Crippen molar-refractivity contribution in [2.75, 3.05) is 33.2 Å². The predicted molar refractivity (Wildman–Crippen MR) is 106 cm³/mol. The van der Waals surface area contributed by atoms with Crippen molar-refractivity contribution in [3.8, 4) is 0 Å². The van der Waals surface area contributed by atoms with E-state index in [2.05, 4.69) is 0 Å². The zero-order chi connectivity index (χ0) is 20.8. The second kappa shape index (κ2) is 9.49. The molecule has 1 fully saturated rings. The van der Waals surface area contributed by atoms with Crippen LogP contribution in [0, 0.1) is 11.6 Å². The summed E-state index contributed by atoms with van der Waals surface area (Å²) >= 11 is 0. The topological polar surface area (TPSA) is 43.9 Å². The van der Waals surface area contributed by atoms with Gasteiger partial charge in [-0.1, -0.05) is 36.4 Å². The summed E-state index contributed by atoms with van der Waals surface area (Å²) < 4.78 is 26.3. The molecule has 0 aromatic heterocycles. The van der Waals surface area contributed by atoms with Gasteiger partial charge < -0.3 is 14.7 Å². The van der Waals surface area contributed by atoms with Crippen LogP contribution in [-0.2, 0) is 17.8 Å². The predicted octanol–water partition coefficient (Wildman–Crippen LogP) is 3.29. The van der Waals surface area contributed by atoms with E-state index >= 15 is 0 Å². The molecule has 1 aliphatic heterocycles. The molecule has 0 aliphatic carbocycles. The standard InChI is InChI=1S/C22H25F2N3O2/c1-25(16-18-5-3-2-4-6-18)22(29)27-13-11-26(12-14-27)21(28)10-8-17-7-9-19(23)20(24)15-17/h2-7,9,15H,8,10-14,16H2,1H3. The van der Waals surface area contributed by atoms with Crippen molar-refractivity contribution in [3.05, 3.63) is 71.3 Å². The molecule has 7 heteroatoms. The minimum atomic E-state index is -0.901. The Kier molecular flexibility index (Phi) is 6.80. The molecule has 2 aromatic rings. The summed E-state index contributed by atoms with van der Waals surface area (Å²) in [5.74, 6) is -1.83. The van der Waals surface area contributed by atoms with Crippen molar-refractivity contribution >= 4 is 11.9 Å². The maximum absolute atomic E-state index is 13.3. The monoisotopic (exact) mass is 401 g/mol. The van der Waals surface area contributed by atoms with Gasteiger partial charge in [0.15, 0.2) is 11.6 Å². The van der Waals surface area contributed by atoms with Crippen molar-refractivity contribution in [3.63, 3.8) is 0 Å². The first-order valence-electron chi connectivity index (χ1n) is 9.69. The van der Waals surface area contributed by atoms with Crippen LogP contribution in [-0.4, -0.2) is 59.9 Å². The number of benzene rings is 2. The van der Waals surface area contributed by atoms with E-state index in [-0.39, 0.29) is 18.4 Å². The summed E-state index contributed by atoms with van der Waals surface area (Å²) in [5, 5.41) is 0. The second-order valence-corrected chi connectivity index (χ2v) is 7.24. The highest BCUT2D eigenvalue weighted by Gasteiger charge is 2.25. The van der Waals surface area contributed by atoms with Crippen LogP contribution in [0.1, 0.15) is 17.5 Å². The summed E-state index contributed by atoms with van der Waals surface area (Å²) in [4.78, 5) is 30.2. The molecular formula is C22H25F2N3O2. The van der Waals surface area contributed by atoms with Crippen LogP contribution in [0.4, 0.5) is 13.6 Å². The van der Waals surface area contributed by atoms with Gasteiger partial charge in [0.2, 0.25) is 5.91 Å². The number of piperazine rings is 1. The number of aryl methyl sites for hydroxylation is 1. The molecule has 0 atom stereocenters. The van der Waals surface area contributed by atoms with Crippen molar-refractivity contribution in [1.82, 2.24) is 14.7 Å². The van der Waals surface area contributed by atoms with E-state index in [9.17, 15) is 18.4 Å². The highest BCUT2D eigenvalue weighted by molar-refractivity contribution is 5.78. The minimum Gasteiger partial charge on any atom is -0.339 e. The maximum atomic E-state index is 13.3. The quantitative estimate of drug-likeness (QED) is 0.772. The molecule has 1 saturated heterocycles. The SMILES string of the molecule is CN(Cc1ccccc1)C(=O)N1CCN(C(=O)CCc2ccc(F)c(F)c2)CC1. The molecule has 0 unspecified atom stereocenters. The molecule has 0 N–H and O–H groups in total. The third kappa shape index (κ3) is 5.53. The molecule has 0 spiro atoms. The van der Waals surface area contributed by atoms with Gasteiger partial charge in [-0.3, -0.25) is 4.79 Å². The largest absolute Gasteiger partial charge is 0.339 e. The van der Waals surface area contributed by atoms with E-state index in [0.29, 0.717) is 44.7 Å². The van der Waals surface area contributed by atoms with E-state index in [1.54, 1.807) is 21.7 Å². The molecule has 1 heterocycles. The van der Waals surface area contributed by atoms with Crippen LogP contribution < -0.4 is 0 Å². The lowest BCUT2D eigenvalue weighted by molar-refractivity contribution is -0.132. The second-order valence-electron chi connectivity index (χ2n) is 7.24. The molecule has 1 aliphatic rings. The number of nitrogens with zero attached hydrogens (tertiary/aromatic N) is 3. The summed E-state index contributed by atoms with van der Waals surface area (Å²) in [5.41, 5.74) is 1.66. The fourth-order valence-corrected chi connectivity index (χ4v) is 3.42. The third-order valence-corrected chi connectivity index (χ3v) is 5.10. The van der Waals surface area contributed by atoms with Gasteiger partial charge in [0.1, 0.15) is 0 Å². The number of urea groups is 1. The number of hydrogen-bond donors (Lipinski definition) is 0. The van der Waals surface area contributed by atoms with E-state index in [4.69, 9.17) is 0 Å². The van der Waals surface area contributed by atoms with Gasteiger partial charge in [-0.2, -0.15) is 0 Å². The van der Waals surface area contributed by atoms with E-state index in [1.165, 1.54) is 6.07 Å². The van der Waals surface area contributed by atoms with Gasteiger partial charge in [-0.05, 0) is 29.7 Å². The number of carbonyl (C=O) groups excluding carboxylic acids is 2. The van der Waals surface area contributed by atoms with Crippen LogP contribution in [0.2, 0.25) is 0 Å². The average Bonchev–Trinajstić information content (AvgIpc) is 2.74. The number of amides is 3. The first-order valence-corrected chi connectivity index (χ1v) is 9.69. The molecule has 0 radical (unpaired) electrons. The minimum absolute atomic E-state index is 0.0422. The smallest absolute Gasteiger partial charge is 0.320 e. The lowest BCUT2D eigenvalue weighted by atomic mass is 10.1. The lowest BCUT2D eigenvalue weighted by Crippen LogP contribution is -2.53. The van der Waals surface area contributed by atoms with E-state index in [1.807, 2.05) is 30.3 Å². The van der Waals surface area contributed by atoms with Gasteiger partial charge in [0.25, 0.3) is 0 Å². The fraction of sp³-hybridized carbons (Fsp3) is 0.364. The third-order valence-electron chi connectivity index (χ3n) is 5.10. The van der Waals surface area contributed by atoms with Gasteiger partial charge in [-0.15, -0.1) is 0 Å². The van der Waals surface area contributed by atoms with Crippen molar-refractivity contribution < 1.29 is 18.4 Å². The van der Waals surface area contributed by atoms with Gasteiger partial charge >= 0.3 is 6.03 Å². The highest BCUT2D eigenvalue weighted by Crippen LogP contribution is 2.13. The number of carbonyl (C=O) groups is 2. The van der Waals surface area contributed by atoms with E-state index in [0.717, 1.165) is 17.7 Å². The van der Waals surface area contributed by atoms with Crippen molar-refractivity contribution in [2.24, 2.45) is 0 Å². The zero-order valence-electron chi connectivity index (χ0n) is 16.5. The summed E-state index contributed by atoms with van der Waals surface area (Å²) in [6, 6.07) is 13.4. The molecule has 3 amide bonds. The molecule has 0 saturated carbocycles. The lowest BCUT2D eigenvalue weighted by Gasteiger charge is -2.36. The van der Waals surface area contributed by atoms with Crippen molar-refractivity contribution in [1.29, 1.82) is 0 Å². The number of hydrogen-bond acceptors (Lipinski definition) is 2. The highest BCUT2D eigenvalue weighted by atomic mass is 19.2. The van der Waals surface area contributed by atoms with Crippen LogP contribution in [0.25, 0.3) is 0 Å². The first-order chi connectivity index (χ1) is 13.9. The van der Waals surface area contributed by atoms with E-state index < -0.39 is 11.6 Å². The summed E-state index contributed by atoms with van der Waals surface area (Å²) in [6.07, 6.45) is 0.585. The number of halogens is 2. The average molecular weight is 401 g/mol. The maximum Gasteiger partial charge on any atom is 0.320 e. The zero-order valence-corrected chi connectivity index (χ0v) is 16.5. The van der Waals surface area contributed by atoms with Crippen LogP contribution in [0.3, 0.4) is 0 Å². The fourth-order valence-electron chi connectivity index (χ4n) is 3.42. The Morgan fingerprint density at radius 3 is 2.21 bits per heavy atom. The molecule has 5 nitrogen and oxygen atoms in total. The molecule has 3 rings (SSSR count). The van der Waals surface area contributed by atoms with Crippen LogP contribution in [0.15, 0.2) is 48.5 Å². The Morgan fingerprint density at radius 1 is 0.897 bits per heavy atom.